The Morgan fingerprint density at radius 3 is 2.61 bits per heavy atom. The van der Waals surface area contributed by atoms with Gasteiger partial charge in [0.25, 0.3) is 0 Å². The van der Waals surface area contributed by atoms with Crippen molar-refractivity contribution in [2.75, 3.05) is 6.54 Å². The molecule has 1 aromatic carbocycles. The predicted molar refractivity (Wildman–Crippen MR) is 67.4 cm³/mol. The van der Waals surface area contributed by atoms with Crippen LogP contribution in [0.3, 0.4) is 0 Å². The molecular weight excluding hydrogens is 236 g/mol. The Hall–Kier alpha value is -1.29. The van der Waals surface area contributed by atoms with Gasteiger partial charge in [0.05, 0.1) is 0 Å². The summed E-state index contributed by atoms with van der Waals surface area (Å²) >= 11 is 0. The number of hydrogen-bond acceptors (Lipinski definition) is 2. The first-order valence-corrected chi connectivity index (χ1v) is 6.18. The molecule has 0 aliphatic carbocycles. The molecule has 0 atom stereocenters. The Bertz CT molecular complexity index is 405. The zero-order chi connectivity index (χ0) is 13.5. The summed E-state index contributed by atoms with van der Waals surface area (Å²) in [5.74, 6) is -1.74. The van der Waals surface area contributed by atoms with Crippen LogP contribution < -0.4 is 5.32 Å². The highest BCUT2D eigenvalue weighted by Crippen LogP contribution is 2.10. The molecule has 0 fully saturated rings. The second-order valence-electron chi connectivity index (χ2n) is 4.68. The second-order valence-corrected chi connectivity index (χ2v) is 4.68. The summed E-state index contributed by atoms with van der Waals surface area (Å²) in [6.45, 7) is 4.88. The van der Waals surface area contributed by atoms with E-state index in [1.54, 1.807) is 0 Å². The maximum atomic E-state index is 12.9. The van der Waals surface area contributed by atoms with Gasteiger partial charge in [0.1, 0.15) is 5.78 Å². The van der Waals surface area contributed by atoms with E-state index in [4.69, 9.17) is 0 Å². The number of carbonyl (C=O) groups is 1. The van der Waals surface area contributed by atoms with Gasteiger partial charge in [0.2, 0.25) is 0 Å². The standard InChI is InChI=1S/C14H19F2NO/c1-10(2)17-7-3-4-12(18)8-11-5-6-13(15)14(16)9-11/h5-6,9-10,17H,3-4,7-8H2,1-2H3. The lowest BCUT2D eigenvalue weighted by Gasteiger charge is -2.07. The van der Waals surface area contributed by atoms with Gasteiger partial charge in [-0.05, 0) is 30.7 Å². The molecule has 2 nitrogen and oxygen atoms in total. The maximum absolute atomic E-state index is 12.9. The number of hydrogen-bond donors (Lipinski definition) is 1. The van der Waals surface area contributed by atoms with Gasteiger partial charge in [-0.3, -0.25) is 4.79 Å². The average Bonchev–Trinajstić information content (AvgIpc) is 2.29. The SMILES string of the molecule is CC(C)NCCCC(=O)Cc1ccc(F)c(F)c1. The lowest BCUT2D eigenvalue weighted by molar-refractivity contribution is -0.118. The highest BCUT2D eigenvalue weighted by atomic mass is 19.2. The Morgan fingerprint density at radius 1 is 1.28 bits per heavy atom. The molecule has 0 aliphatic heterocycles. The smallest absolute Gasteiger partial charge is 0.159 e. The van der Waals surface area contributed by atoms with E-state index in [0.29, 0.717) is 18.0 Å². The lowest BCUT2D eigenvalue weighted by atomic mass is 10.1. The number of carbonyl (C=O) groups excluding carboxylic acids is 1. The molecule has 1 rings (SSSR count). The number of benzene rings is 1. The topological polar surface area (TPSA) is 29.1 Å². The molecule has 0 spiro atoms. The van der Waals surface area contributed by atoms with Gasteiger partial charge in [-0.25, -0.2) is 8.78 Å². The predicted octanol–water partition coefficient (Wildman–Crippen LogP) is 2.85. The summed E-state index contributed by atoms with van der Waals surface area (Å²) < 4.78 is 25.6. The largest absolute Gasteiger partial charge is 0.315 e. The molecular formula is C14H19F2NO. The number of halogens is 2. The van der Waals surface area contributed by atoms with Gasteiger partial charge in [-0.2, -0.15) is 0 Å². The van der Waals surface area contributed by atoms with Gasteiger partial charge in [0.15, 0.2) is 11.6 Å². The quantitative estimate of drug-likeness (QED) is 0.759. The van der Waals surface area contributed by atoms with Crippen LogP contribution in [0.2, 0.25) is 0 Å². The highest BCUT2D eigenvalue weighted by molar-refractivity contribution is 5.80. The van der Waals surface area contributed by atoms with Crippen LogP contribution in [0.5, 0.6) is 0 Å². The van der Waals surface area contributed by atoms with E-state index in [1.165, 1.54) is 6.07 Å². The van der Waals surface area contributed by atoms with Crippen LogP contribution in [-0.2, 0) is 11.2 Å². The molecule has 0 aromatic heterocycles. The zero-order valence-corrected chi connectivity index (χ0v) is 10.8. The zero-order valence-electron chi connectivity index (χ0n) is 10.8. The minimum absolute atomic E-state index is 0.0477. The molecule has 100 valence electrons. The van der Waals surface area contributed by atoms with Crippen molar-refractivity contribution in [2.45, 2.75) is 39.2 Å². The van der Waals surface area contributed by atoms with E-state index in [0.717, 1.165) is 25.1 Å². The molecule has 0 heterocycles. The van der Waals surface area contributed by atoms with Crippen molar-refractivity contribution in [1.82, 2.24) is 5.32 Å². The molecule has 0 saturated heterocycles. The molecule has 0 aliphatic rings. The number of nitrogens with one attached hydrogen (secondary N) is 1. The molecule has 1 N–H and O–H groups in total. The molecule has 0 radical (unpaired) electrons. The van der Waals surface area contributed by atoms with E-state index in [9.17, 15) is 13.6 Å². The van der Waals surface area contributed by atoms with Crippen molar-refractivity contribution >= 4 is 5.78 Å². The fraction of sp³-hybridized carbons (Fsp3) is 0.500. The summed E-state index contributed by atoms with van der Waals surface area (Å²) in [7, 11) is 0. The second kappa shape index (κ2) is 7.21. The summed E-state index contributed by atoms with van der Waals surface area (Å²) in [5.41, 5.74) is 0.524. The van der Waals surface area contributed by atoms with Crippen LogP contribution in [-0.4, -0.2) is 18.4 Å². The lowest BCUT2D eigenvalue weighted by Crippen LogP contribution is -2.24. The third-order valence-electron chi connectivity index (χ3n) is 2.57. The molecule has 1 aromatic rings. The van der Waals surface area contributed by atoms with E-state index in [-0.39, 0.29) is 12.2 Å². The van der Waals surface area contributed by atoms with E-state index in [1.807, 2.05) is 13.8 Å². The van der Waals surface area contributed by atoms with Crippen molar-refractivity contribution in [3.63, 3.8) is 0 Å². The van der Waals surface area contributed by atoms with E-state index >= 15 is 0 Å². The first kappa shape index (κ1) is 14.8. The number of Topliss-reactive ketones (excluding diaryl/α,β-unsaturated/α-hetero) is 1. The van der Waals surface area contributed by atoms with Crippen molar-refractivity contribution < 1.29 is 13.6 Å². The summed E-state index contributed by atoms with van der Waals surface area (Å²) in [5, 5.41) is 3.22. The van der Waals surface area contributed by atoms with Crippen LogP contribution >= 0.6 is 0 Å². The highest BCUT2D eigenvalue weighted by Gasteiger charge is 2.07. The number of rotatable bonds is 7. The van der Waals surface area contributed by atoms with Crippen LogP contribution in [0.25, 0.3) is 0 Å². The molecule has 0 bridgehead atoms. The van der Waals surface area contributed by atoms with E-state index < -0.39 is 11.6 Å². The maximum Gasteiger partial charge on any atom is 0.159 e. The summed E-state index contributed by atoms with van der Waals surface area (Å²) in [6, 6.07) is 3.99. The van der Waals surface area contributed by atoms with Crippen molar-refractivity contribution in [2.24, 2.45) is 0 Å². The van der Waals surface area contributed by atoms with Gasteiger partial charge in [-0.1, -0.05) is 19.9 Å². The van der Waals surface area contributed by atoms with Gasteiger partial charge in [0, 0.05) is 18.9 Å². The van der Waals surface area contributed by atoms with Gasteiger partial charge < -0.3 is 5.32 Å². The first-order chi connectivity index (χ1) is 8.49. The van der Waals surface area contributed by atoms with Crippen molar-refractivity contribution in [3.8, 4) is 0 Å². The number of ketones is 1. The minimum atomic E-state index is -0.901. The van der Waals surface area contributed by atoms with Crippen LogP contribution in [0.15, 0.2) is 18.2 Å². The summed E-state index contributed by atoms with van der Waals surface area (Å²) in [6.07, 6.45) is 1.39. The molecule has 4 heteroatoms. The minimum Gasteiger partial charge on any atom is -0.315 e. The van der Waals surface area contributed by atoms with Gasteiger partial charge in [-0.15, -0.1) is 0 Å². The fourth-order valence-corrected chi connectivity index (χ4v) is 1.64. The van der Waals surface area contributed by atoms with Crippen LogP contribution in [0.4, 0.5) is 8.78 Å². The van der Waals surface area contributed by atoms with Crippen LogP contribution in [0, 0.1) is 11.6 Å². The van der Waals surface area contributed by atoms with E-state index in [2.05, 4.69) is 5.32 Å². The Morgan fingerprint density at radius 2 is 2.00 bits per heavy atom. The average molecular weight is 255 g/mol. The Kier molecular flexibility index (Phi) is 5.92. The van der Waals surface area contributed by atoms with Crippen molar-refractivity contribution in [3.05, 3.63) is 35.4 Å². The molecule has 0 unspecified atom stereocenters. The Balaban J connectivity index is 2.33. The van der Waals surface area contributed by atoms with Crippen molar-refractivity contribution in [1.29, 1.82) is 0 Å². The molecule has 18 heavy (non-hydrogen) atoms. The first-order valence-electron chi connectivity index (χ1n) is 6.18. The molecule has 0 amide bonds. The van der Waals surface area contributed by atoms with Gasteiger partial charge >= 0.3 is 0 Å². The molecule has 0 saturated carbocycles. The monoisotopic (exact) mass is 255 g/mol. The normalized spacial score (nSPS) is 10.9. The van der Waals surface area contributed by atoms with Crippen LogP contribution in [0.1, 0.15) is 32.3 Å². The fourth-order valence-electron chi connectivity index (χ4n) is 1.64. The summed E-state index contributed by atoms with van der Waals surface area (Å²) in [4.78, 5) is 11.6. The third-order valence-corrected chi connectivity index (χ3v) is 2.57. The Labute approximate surface area is 106 Å². The third kappa shape index (κ3) is 5.36.